The smallest absolute Gasteiger partial charge is 0.0369 e. The summed E-state index contributed by atoms with van der Waals surface area (Å²) in [6.07, 6.45) is 8.07. The van der Waals surface area contributed by atoms with Crippen LogP contribution in [0, 0.1) is 0 Å². The molecule has 0 fully saturated rings. The standard InChI is InChI=1S/C8H12NP/c1-7-3-4-8(2,10)5-6-9-7/h3-6H,10H2,1-2H3. The fourth-order valence-electron chi connectivity index (χ4n) is 0.714. The number of hydrogen-bond acceptors (Lipinski definition) is 1. The van der Waals surface area contributed by atoms with E-state index in [0.717, 1.165) is 5.71 Å². The lowest BCUT2D eigenvalue weighted by atomic mass is 10.1. The molecule has 1 rings (SSSR count). The Kier molecular flexibility index (Phi) is 2.05. The molecule has 0 aromatic rings. The molecule has 0 aliphatic carbocycles. The van der Waals surface area contributed by atoms with Gasteiger partial charge >= 0.3 is 0 Å². The van der Waals surface area contributed by atoms with Crippen molar-refractivity contribution in [1.82, 2.24) is 0 Å². The van der Waals surface area contributed by atoms with E-state index in [1.54, 1.807) is 0 Å². The SMILES string of the molecule is CC1=NC=CC(C)(P)C=C1. The van der Waals surface area contributed by atoms with Gasteiger partial charge in [0.1, 0.15) is 0 Å². The van der Waals surface area contributed by atoms with E-state index in [0.29, 0.717) is 0 Å². The van der Waals surface area contributed by atoms with Crippen LogP contribution in [-0.2, 0) is 0 Å². The fraction of sp³-hybridized carbons (Fsp3) is 0.375. The van der Waals surface area contributed by atoms with Gasteiger partial charge in [0.2, 0.25) is 0 Å². The van der Waals surface area contributed by atoms with Crippen molar-refractivity contribution in [2.75, 3.05) is 0 Å². The second kappa shape index (κ2) is 2.67. The molecular weight excluding hydrogens is 141 g/mol. The van der Waals surface area contributed by atoms with Crippen molar-refractivity contribution < 1.29 is 0 Å². The second-order valence-electron chi connectivity index (χ2n) is 2.79. The number of allylic oxidation sites excluding steroid dienone is 3. The van der Waals surface area contributed by atoms with Crippen LogP contribution in [0.3, 0.4) is 0 Å². The van der Waals surface area contributed by atoms with Gasteiger partial charge in [0.05, 0.1) is 0 Å². The molecule has 0 spiro atoms. The van der Waals surface area contributed by atoms with Gasteiger partial charge in [-0.3, -0.25) is 4.99 Å². The minimum absolute atomic E-state index is 0.0846. The molecule has 0 aromatic heterocycles. The van der Waals surface area contributed by atoms with Gasteiger partial charge in [0.15, 0.2) is 0 Å². The van der Waals surface area contributed by atoms with Crippen LogP contribution in [0.4, 0.5) is 0 Å². The number of hydrogen-bond donors (Lipinski definition) is 0. The summed E-state index contributed by atoms with van der Waals surface area (Å²) >= 11 is 0. The average Bonchev–Trinajstić information content (AvgIpc) is 1.94. The van der Waals surface area contributed by atoms with Gasteiger partial charge in [-0.15, -0.1) is 9.24 Å². The molecule has 0 saturated heterocycles. The molecule has 0 bridgehead atoms. The van der Waals surface area contributed by atoms with Gasteiger partial charge in [-0.1, -0.05) is 12.2 Å². The van der Waals surface area contributed by atoms with Gasteiger partial charge in [-0.05, 0) is 19.9 Å². The lowest BCUT2D eigenvalue weighted by molar-refractivity contribution is 1.01. The van der Waals surface area contributed by atoms with Crippen molar-refractivity contribution in [3.8, 4) is 0 Å². The largest absolute Gasteiger partial charge is 0.262 e. The quantitative estimate of drug-likeness (QED) is 0.473. The molecule has 1 heterocycles. The van der Waals surface area contributed by atoms with Crippen molar-refractivity contribution in [1.29, 1.82) is 0 Å². The Morgan fingerprint density at radius 1 is 1.50 bits per heavy atom. The zero-order valence-corrected chi connectivity index (χ0v) is 7.49. The van der Waals surface area contributed by atoms with Gasteiger partial charge in [0, 0.05) is 17.1 Å². The Morgan fingerprint density at radius 2 is 2.20 bits per heavy atom. The first kappa shape index (κ1) is 7.68. The normalized spacial score (nSPS) is 31.7. The van der Waals surface area contributed by atoms with Crippen molar-refractivity contribution >= 4 is 15.0 Å². The first-order valence-electron chi connectivity index (χ1n) is 3.30. The third-order valence-corrected chi connectivity index (χ3v) is 1.78. The summed E-state index contributed by atoms with van der Waals surface area (Å²) in [5.41, 5.74) is 1.06. The fourth-order valence-corrected chi connectivity index (χ4v) is 0.896. The third kappa shape index (κ3) is 2.07. The van der Waals surface area contributed by atoms with E-state index in [1.807, 2.05) is 19.2 Å². The predicted molar refractivity (Wildman–Crippen MR) is 49.5 cm³/mol. The van der Waals surface area contributed by atoms with E-state index in [9.17, 15) is 0 Å². The molecule has 54 valence electrons. The molecule has 0 saturated carbocycles. The first-order chi connectivity index (χ1) is 4.60. The molecule has 10 heavy (non-hydrogen) atoms. The van der Waals surface area contributed by atoms with Crippen molar-refractivity contribution in [2.45, 2.75) is 19.0 Å². The zero-order chi connectivity index (χ0) is 7.61. The first-order valence-corrected chi connectivity index (χ1v) is 3.88. The van der Waals surface area contributed by atoms with E-state index < -0.39 is 0 Å². The Labute approximate surface area is 64.1 Å². The van der Waals surface area contributed by atoms with Crippen LogP contribution in [0.15, 0.2) is 29.4 Å². The second-order valence-corrected chi connectivity index (χ2v) is 4.03. The molecule has 0 aromatic carbocycles. The minimum atomic E-state index is 0.0846. The Hall–Kier alpha value is -0.420. The lowest BCUT2D eigenvalue weighted by Gasteiger charge is -2.11. The maximum absolute atomic E-state index is 4.16. The van der Waals surface area contributed by atoms with Crippen LogP contribution in [0.5, 0.6) is 0 Å². The molecule has 1 aliphatic rings. The Bertz CT molecular complexity index is 211. The van der Waals surface area contributed by atoms with Crippen LogP contribution in [0.2, 0.25) is 0 Å². The topological polar surface area (TPSA) is 12.4 Å². The van der Waals surface area contributed by atoms with Crippen LogP contribution in [0.1, 0.15) is 13.8 Å². The molecule has 2 unspecified atom stereocenters. The maximum atomic E-state index is 4.16. The van der Waals surface area contributed by atoms with E-state index in [1.165, 1.54) is 0 Å². The highest BCUT2D eigenvalue weighted by molar-refractivity contribution is 7.19. The van der Waals surface area contributed by atoms with Crippen LogP contribution in [-0.4, -0.2) is 10.9 Å². The molecule has 1 aliphatic heterocycles. The summed E-state index contributed by atoms with van der Waals surface area (Å²) in [6.45, 7) is 4.12. The van der Waals surface area contributed by atoms with E-state index in [4.69, 9.17) is 0 Å². The van der Waals surface area contributed by atoms with Gasteiger partial charge in [-0.25, -0.2) is 0 Å². The number of rotatable bonds is 0. The highest BCUT2D eigenvalue weighted by Crippen LogP contribution is 2.22. The maximum Gasteiger partial charge on any atom is 0.0369 e. The van der Waals surface area contributed by atoms with Gasteiger partial charge in [-0.2, -0.15) is 0 Å². The van der Waals surface area contributed by atoms with E-state index in [-0.39, 0.29) is 5.16 Å². The summed E-state index contributed by atoms with van der Waals surface area (Å²) < 4.78 is 0. The number of nitrogens with zero attached hydrogens (tertiary/aromatic N) is 1. The minimum Gasteiger partial charge on any atom is -0.262 e. The summed E-state index contributed by atoms with van der Waals surface area (Å²) in [6, 6.07) is 0. The molecule has 2 atom stereocenters. The Morgan fingerprint density at radius 3 is 2.90 bits per heavy atom. The molecule has 0 amide bonds. The predicted octanol–water partition coefficient (Wildman–Crippen LogP) is 2.16. The summed E-state index contributed by atoms with van der Waals surface area (Å²) in [4.78, 5) is 4.16. The summed E-state index contributed by atoms with van der Waals surface area (Å²) in [5, 5.41) is 0.0846. The number of aliphatic imine (C=N–C) groups is 1. The molecule has 1 nitrogen and oxygen atoms in total. The Balaban J connectivity index is 2.88. The highest BCUT2D eigenvalue weighted by Gasteiger charge is 2.09. The summed E-state index contributed by atoms with van der Waals surface area (Å²) in [5.74, 6) is 0. The average molecular weight is 153 g/mol. The highest BCUT2D eigenvalue weighted by atomic mass is 31.0. The van der Waals surface area contributed by atoms with Gasteiger partial charge < -0.3 is 0 Å². The van der Waals surface area contributed by atoms with Crippen molar-refractivity contribution in [2.24, 2.45) is 4.99 Å². The van der Waals surface area contributed by atoms with Crippen LogP contribution in [0.25, 0.3) is 0 Å². The van der Waals surface area contributed by atoms with Crippen molar-refractivity contribution in [3.63, 3.8) is 0 Å². The lowest BCUT2D eigenvalue weighted by Crippen LogP contribution is -2.05. The van der Waals surface area contributed by atoms with E-state index >= 15 is 0 Å². The molecule has 0 N–H and O–H groups in total. The van der Waals surface area contributed by atoms with Crippen molar-refractivity contribution in [3.05, 3.63) is 24.4 Å². The molecule has 2 heteroatoms. The zero-order valence-electron chi connectivity index (χ0n) is 6.33. The third-order valence-electron chi connectivity index (χ3n) is 1.40. The molecule has 0 radical (unpaired) electrons. The van der Waals surface area contributed by atoms with Gasteiger partial charge in [0.25, 0.3) is 0 Å². The molecular formula is C8H12NP. The summed E-state index contributed by atoms with van der Waals surface area (Å²) in [7, 11) is 2.77. The monoisotopic (exact) mass is 153 g/mol. The van der Waals surface area contributed by atoms with Crippen LogP contribution >= 0.6 is 9.24 Å². The van der Waals surface area contributed by atoms with Crippen LogP contribution < -0.4 is 0 Å². The van der Waals surface area contributed by atoms with E-state index in [2.05, 4.69) is 33.3 Å².